The summed E-state index contributed by atoms with van der Waals surface area (Å²) >= 11 is 0. The van der Waals surface area contributed by atoms with Crippen molar-refractivity contribution >= 4 is 23.2 Å². The number of methoxy groups -OCH3 is 2. The quantitative estimate of drug-likeness (QED) is 0.812. The van der Waals surface area contributed by atoms with Crippen molar-refractivity contribution in [2.45, 2.75) is 19.8 Å². The molecule has 0 fully saturated rings. The van der Waals surface area contributed by atoms with Gasteiger partial charge in [0.2, 0.25) is 5.91 Å². The number of carbonyl (C=O) groups is 2. The molecule has 24 heavy (non-hydrogen) atoms. The lowest BCUT2D eigenvalue weighted by molar-refractivity contribution is -0.116. The lowest BCUT2D eigenvalue weighted by atomic mass is 10.2. The second-order valence-electron chi connectivity index (χ2n) is 4.98. The maximum atomic E-state index is 12.1. The Morgan fingerprint density at radius 2 is 1.71 bits per heavy atom. The fraction of sp³-hybridized carbons (Fsp3) is 0.294. The Hall–Kier alpha value is -2.96. The van der Waals surface area contributed by atoms with Gasteiger partial charge in [-0.3, -0.25) is 9.59 Å². The van der Waals surface area contributed by atoms with E-state index in [1.165, 1.54) is 20.5 Å². The van der Waals surface area contributed by atoms with Gasteiger partial charge in [0.15, 0.2) is 5.76 Å². The van der Waals surface area contributed by atoms with Crippen LogP contribution in [0.25, 0.3) is 0 Å². The summed E-state index contributed by atoms with van der Waals surface area (Å²) in [5.74, 6) is 0.446. The van der Waals surface area contributed by atoms with Gasteiger partial charge in [0, 0.05) is 18.6 Å². The number of anilines is 2. The van der Waals surface area contributed by atoms with Crippen molar-refractivity contribution < 1.29 is 23.5 Å². The second kappa shape index (κ2) is 8.05. The Balaban J connectivity index is 2.28. The van der Waals surface area contributed by atoms with Crippen LogP contribution in [-0.4, -0.2) is 26.0 Å². The molecule has 7 nitrogen and oxygen atoms in total. The molecule has 128 valence electrons. The highest BCUT2D eigenvalue weighted by Gasteiger charge is 2.17. The molecule has 0 aliphatic heterocycles. The van der Waals surface area contributed by atoms with Crippen LogP contribution in [0.3, 0.4) is 0 Å². The van der Waals surface area contributed by atoms with E-state index >= 15 is 0 Å². The number of furan rings is 1. The third kappa shape index (κ3) is 4.07. The first-order valence-corrected chi connectivity index (χ1v) is 7.49. The highest BCUT2D eigenvalue weighted by Crippen LogP contribution is 2.36. The summed E-state index contributed by atoms with van der Waals surface area (Å²) in [6.45, 7) is 1.92. The molecule has 1 aromatic heterocycles. The number of hydrogen-bond donors (Lipinski definition) is 2. The monoisotopic (exact) mass is 332 g/mol. The molecule has 0 spiro atoms. The predicted octanol–water partition coefficient (Wildman–Crippen LogP) is 3.29. The van der Waals surface area contributed by atoms with E-state index in [1.807, 2.05) is 6.92 Å². The summed E-state index contributed by atoms with van der Waals surface area (Å²) in [5, 5.41) is 5.46. The first-order chi connectivity index (χ1) is 11.6. The van der Waals surface area contributed by atoms with Crippen molar-refractivity contribution in [3.05, 3.63) is 36.3 Å². The molecule has 7 heteroatoms. The number of carbonyl (C=O) groups excluding carboxylic acids is 2. The molecule has 0 saturated carbocycles. The van der Waals surface area contributed by atoms with Crippen LogP contribution in [0.4, 0.5) is 11.4 Å². The minimum atomic E-state index is -0.414. The van der Waals surface area contributed by atoms with Gasteiger partial charge in [-0.05, 0) is 18.6 Å². The Bertz CT molecular complexity index is 710. The van der Waals surface area contributed by atoms with Gasteiger partial charge in [-0.1, -0.05) is 6.92 Å². The molecule has 0 atom stereocenters. The summed E-state index contributed by atoms with van der Waals surface area (Å²) in [6.07, 6.45) is 2.56. The van der Waals surface area contributed by atoms with Gasteiger partial charge in [-0.25, -0.2) is 0 Å². The zero-order valence-corrected chi connectivity index (χ0v) is 13.8. The lowest BCUT2D eigenvalue weighted by Gasteiger charge is -2.15. The Labute approximate surface area is 139 Å². The summed E-state index contributed by atoms with van der Waals surface area (Å²) in [4.78, 5) is 23.9. The van der Waals surface area contributed by atoms with Crippen LogP contribution in [-0.2, 0) is 4.79 Å². The number of rotatable bonds is 7. The molecule has 0 saturated heterocycles. The van der Waals surface area contributed by atoms with Crippen molar-refractivity contribution in [2.24, 2.45) is 0 Å². The van der Waals surface area contributed by atoms with Crippen LogP contribution < -0.4 is 20.1 Å². The molecule has 0 aliphatic carbocycles. The first kappa shape index (κ1) is 17.4. The van der Waals surface area contributed by atoms with E-state index < -0.39 is 5.91 Å². The van der Waals surface area contributed by atoms with Gasteiger partial charge >= 0.3 is 0 Å². The Morgan fingerprint density at radius 1 is 1.08 bits per heavy atom. The Morgan fingerprint density at radius 3 is 2.21 bits per heavy atom. The van der Waals surface area contributed by atoms with E-state index in [0.717, 1.165) is 6.42 Å². The molecule has 0 bridgehead atoms. The lowest BCUT2D eigenvalue weighted by Crippen LogP contribution is -2.14. The summed E-state index contributed by atoms with van der Waals surface area (Å²) in [5.41, 5.74) is 0.882. The maximum absolute atomic E-state index is 12.1. The van der Waals surface area contributed by atoms with E-state index in [9.17, 15) is 9.59 Å². The van der Waals surface area contributed by atoms with Crippen LogP contribution in [0, 0.1) is 0 Å². The fourth-order valence-corrected chi connectivity index (χ4v) is 2.12. The van der Waals surface area contributed by atoms with Crippen molar-refractivity contribution in [3.8, 4) is 11.5 Å². The largest absolute Gasteiger partial charge is 0.494 e. The SMILES string of the molecule is CCCC(=O)Nc1cc(OC)c(NC(=O)c2ccco2)cc1OC. The van der Waals surface area contributed by atoms with Gasteiger partial charge in [-0.2, -0.15) is 0 Å². The Kier molecular flexibility index (Phi) is 5.83. The molecule has 1 heterocycles. The van der Waals surface area contributed by atoms with E-state index in [2.05, 4.69) is 10.6 Å². The third-order valence-corrected chi connectivity index (χ3v) is 3.27. The standard InChI is InChI=1S/C17H20N2O5/c1-4-6-16(20)18-11-9-15(23-3)12(10-14(11)22-2)19-17(21)13-7-5-8-24-13/h5,7-10H,4,6H2,1-3H3,(H,18,20)(H,19,21). The number of amides is 2. The van der Waals surface area contributed by atoms with Crippen molar-refractivity contribution in [2.75, 3.05) is 24.9 Å². The fourth-order valence-electron chi connectivity index (χ4n) is 2.12. The average molecular weight is 332 g/mol. The van der Waals surface area contributed by atoms with Gasteiger partial charge in [-0.15, -0.1) is 0 Å². The number of hydrogen-bond acceptors (Lipinski definition) is 5. The summed E-state index contributed by atoms with van der Waals surface area (Å²) in [6, 6.07) is 6.36. The third-order valence-electron chi connectivity index (χ3n) is 3.27. The van der Waals surface area contributed by atoms with Gasteiger partial charge < -0.3 is 24.5 Å². The van der Waals surface area contributed by atoms with Crippen LogP contribution in [0.1, 0.15) is 30.3 Å². The van der Waals surface area contributed by atoms with Crippen LogP contribution in [0.15, 0.2) is 34.9 Å². The highest BCUT2D eigenvalue weighted by atomic mass is 16.5. The minimum Gasteiger partial charge on any atom is -0.494 e. The molecule has 0 unspecified atom stereocenters. The summed E-state index contributed by atoms with van der Waals surface area (Å²) < 4.78 is 15.6. The second-order valence-corrected chi connectivity index (χ2v) is 4.98. The van der Waals surface area contributed by atoms with Crippen LogP contribution in [0.2, 0.25) is 0 Å². The molecular weight excluding hydrogens is 312 g/mol. The zero-order chi connectivity index (χ0) is 17.5. The molecule has 2 aromatic rings. The van der Waals surface area contributed by atoms with Crippen LogP contribution >= 0.6 is 0 Å². The van der Waals surface area contributed by atoms with E-state index in [1.54, 1.807) is 24.3 Å². The smallest absolute Gasteiger partial charge is 0.291 e. The van der Waals surface area contributed by atoms with Gasteiger partial charge in [0.25, 0.3) is 5.91 Å². The first-order valence-electron chi connectivity index (χ1n) is 7.49. The number of ether oxygens (including phenoxy) is 2. The van der Waals surface area contributed by atoms with Gasteiger partial charge in [0.1, 0.15) is 11.5 Å². The highest BCUT2D eigenvalue weighted by molar-refractivity contribution is 6.04. The van der Waals surface area contributed by atoms with Crippen molar-refractivity contribution in [1.82, 2.24) is 0 Å². The maximum Gasteiger partial charge on any atom is 0.291 e. The molecular formula is C17H20N2O5. The molecule has 1 aromatic carbocycles. The molecule has 0 radical (unpaired) electrons. The minimum absolute atomic E-state index is 0.120. The van der Waals surface area contributed by atoms with Crippen molar-refractivity contribution in [1.29, 1.82) is 0 Å². The van der Waals surface area contributed by atoms with E-state index in [0.29, 0.717) is 29.3 Å². The van der Waals surface area contributed by atoms with Crippen LogP contribution in [0.5, 0.6) is 11.5 Å². The van der Waals surface area contributed by atoms with E-state index in [4.69, 9.17) is 13.9 Å². The number of nitrogens with one attached hydrogen (secondary N) is 2. The normalized spacial score (nSPS) is 10.1. The van der Waals surface area contributed by atoms with Gasteiger partial charge in [0.05, 0.1) is 31.9 Å². The molecule has 0 aliphatic rings. The predicted molar refractivity (Wildman–Crippen MR) is 89.7 cm³/mol. The molecule has 2 N–H and O–H groups in total. The number of benzene rings is 1. The average Bonchev–Trinajstić information content (AvgIpc) is 3.10. The summed E-state index contributed by atoms with van der Waals surface area (Å²) in [7, 11) is 2.96. The molecule has 2 rings (SSSR count). The van der Waals surface area contributed by atoms with Crippen molar-refractivity contribution in [3.63, 3.8) is 0 Å². The zero-order valence-electron chi connectivity index (χ0n) is 13.8. The topological polar surface area (TPSA) is 89.8 Å². The van der Waals surface area contributed by atoms with E-state index in [-0.39, 0.29) is 11.7 Å². The molecule has 2 amide bonds.